The van der Waals surface area contributed by atoms with Gasteiger partial charge in [-0.2, -0.15) is 10.5 Å². The fraction of sp³-hybridized carbons (Fsp3) is 0.267. The lowest BCUT2D eigenvalue weighted by Crippen LogP contribution is -2.31. The predicted octanol–water partition coefficient (Wildman–Crippen LogP) is 2.63. The number of rotatable bonds is 6. The summed E-state index contributed by atoms with van der Waals surface area (Å²) in [7, 11) is 0. The summed E-state index contributed by atoms with van der Waals surface area (Å²) < 4.78 is 26.8. The molecule has 108 valence electrons. The first-order valence-corrected chi connectivity index (χ1v) is 6.25. The molecule has 0 bridgehead atoms. The minimum absolute atomic E-state index is 0.124. The summed E-state index contributed by atoms with van der Waals surface area (Å²) in [6.45, 7) is 0.336. The highest BCUT2D eigenvalue weighted by Crippen LogP contribution is 2.14. The number of carbonyl (C=O) groups is 1. The molecule has 0 saturated heterocycles. The van der Waals surface area contributed by atoms with Gasteiger partial charge in [-0.1, -0.05) is 6.07 Å². The molecule has 0 N–H and O–H groups in total. The summed E-state index contributed by atoms with van der Waals surface area (Å²) >= 11 is 0. The Hall–Kier alpha value is -2.73. The third kappa shape index (κ3) is 5.04. The molecule has 0 radical (unpaired) electrons. The van der Waals surface area contributed by atoms with Crippen LogP contribution in [0.2, 0.25) is 0 Å². The highest BCUT2D eigenvalue weighted by Gasteiger charge is 2.11. The zero-order chi connectivity index (χ0) is 15.7. The molecular weight excluding hydrogens is 276 g/mol. The summed E-state index contributed by atoms with van der Waals surface area (Å²) in [4.78, 5) is 13.2. The minimum Gasteiger partial charge on any atom is -0.337 e. The smallest absolute Gasteiger partial charge is 0.246 e. The SMILES string of the molecule is N#CCCN(CCC#N)C(=O)/C=C\c1c(F)cccc1F. The molecule has 1 rings (SSSR count). The summed E-state index contributed by atoms with van der Waals surface area (Å²) in [5.41, 5.74) is -0.300. The number of amides is 1. The van der Waals surface area contributed by atoms with E-state index in [-0.39, 0.29) is 31.5 Å². The van der Waals surface area contributed by atoms with E-state index in [4.69, 9.17) is 10.5 Å². The zero-order valence-corrected chi connectivity index (χ0v) is 11.2. The van der Waals surface area contributed by atoms with Crippen LogP contribution in [-0.4, -0.2) is 23.9 Å². The van der Waals surface area contributed by atoms with Crippen molar-refractivity contribution in [2.75, 3.05) is 13.1 Å². The van der Waals surface area contributed by atoms with Gasteiger partial charge in [0.25, 0.3) is 0 Å². The normalized spacial score (nSPS) is 10.1. The molecule has 0 unspecified atom stereocenters. The van der Waals surface area contributed by atoms with Crippen LogP contribution in [0.1, 0.15) is 18.4 Å². The molecule has 0 saturated carbocycles. The van der Waals surface area contributed by atoms with Crippen LogP contribution in [0.4, 0.5) is 8.78 Å². The van der Waals surface area contributed by atoms with Gasteiger partial charge in [0.2, 0.25) is 5.91 Å². The van der Waals surface area contributed by atoms with Crippen LogP contribution in [0.15, 0.2) is 24.3 Å². The van der Waals surface area contributed by atoms with Gasteiger partial charge in [-0.05, 0) is 18.2 Å². The molecule has 0 aromatic heterocycles. The first kappa shape index (κ1) is 16.3. The first-order valence-electron chi connectivity index (χ1n) is 6.25. The molecule has 0 heterocycles. The van der Waals surface area contributed by atoms with Gasteiger partial charge in [-0.15, -0.1) is 0 Å². The Bertz CT molecular complexity index is 576. The standard InChI is InChI=1S/C15H13F2N3O/c16-13-4-1-5-14(17)12(13)6-7-15(21)20(10-2-8-18)11-3-9-19/h1,4-7H,2-3,10-11H2/b7-6-. The van der Waals surface area contributed by atoms with E-state index in [0.29, 0.717) is 0 Å². The third-order valence-electron chi connectivity index (χ3n) is 2.69. The average molecular weight is 289 g/mol. The Kier molecular flexibility index (Phi) is 6.56. The van der Waals surface area contributed by atoms with E-state index in [2.05, 4.69) is 0 Å². The highest BCUT2D eigenvalue weighted by atomic mass is 19.1. The van der Waals surface area contributed by atoms with Gasteiger partial charge >= 0.3 is 0 Å². The van der Waals surface area contributed by atoms with Crippen LogP contribution in [0, 0.1) is 34.3 Å². The Morgan fingerprint density at radius 2 is 1.67 bits per heavy atom. The Labute approximate surface area is 121 Å². The lowest BCUT2D eigenvalue weighted by atomic mass is 10.2. The van der Waals surface area contributed by atoms with Crippen LogP contribution in [0.25, 0.3) is 6.08 Å². The van der Waals surface area contributed by atoms with Crippen molar-refractivity contribution in [1.29, 1.82) is 10.5 Å². The molecule has 0 aliphatic rings. The fourth-order valence-corrected chi connectivity index (χ4v) is 1.63. The van der Waals surface area contributed by atoms with Crippen LogP contribution in [0.5, 0.6) is 0 Å². The molecule has 4 nitrogen and oxygen atoms in total. The molecule has 1 aromatic rings. The molecule has 6 heteroatoms. The molecule has 0 aliphatic carbocycles. The van der Waals surface area contributed by atoms with Crippen molar-refractivity contribution in [2.45, 2.75) is 12.8 Å². The van der Waals surface area contributed by atoms with Gasteiger partial charge in [-0.25, -0.2) is 8.78 Å². The van der Waals surface area contributed by atoms with Gasteiger partial charge in [0.1, 0.15) is 11.6 Å². The molecular formula is C15H13F2N3O. The molecule has 1 amide bonds. The maximum atomic E-state index is 13.4. The summed E-state index contributed by atoms with van der Waals surface area (Å²) in [6.07, 6.45) is 2.34. The minimum atomic E-state index is -0.764. The van der Waals surface area contributed by atoms with E-state index in [0.717, 1.165) is 24.3 Å². The Morgan fingerprint density at radius 1 is 1.14 bits per heavy atom. The van der Waals surface area contributed by atoms with Crippen LogP contribution < -0.4 is 0 Å². The van der Waals surface area contributed by atoms with Crippen molar-refractivity contribution in [1.82, 2.24) is 4.90 Å². The van der Waals surface area contributed by atoms with E-state index >= 15 is 0 Å². The van der Waals surface area contributed by atoms with Crippen LogP contribution >= 0.6 is 0 Å². The lowest BCUT2D eigenvalue weighted by molar-refractivity contribution is -0.125. The van der Waals surface area contributed by atoms with Crippen molar-refractivity contribution in [2.24, 2.45) is 0 Å². The van der Waals surface area contributed by atoms with Crippen LogP contribution in [-0.2, 0) is 4.79 Å². The van der Waals surface area contributed by atoms with Crippen molar-refractivity contribution in [3.8, 4) is 12.1 Å². The van der Waals surface area contributed by atoms with E-state index in [1.165, 1.54) is 11.0 Å². The first-order chi connectivity index (χ1) is 10.1. The second-order valence-corrected chi connectivity index (χ2v) is 4.11. The predicted molar refractivity (Wildman–Crippen MR) is 72.4 cm³/mol. The quantitative estimate of drug-likeness (QED) is 0.756. The van der Waals surface area contributed by atoms with Crippen molar-refractivity contribution in [3.05, 3.63) is 41.5 Å². The number of halogens is 2. The number of nitrogens with zero attached hydrogens (tertiary/aromatic N) is 3. The number of benzene rings is 1. The Morgan fingerprint density at radius 3 is 2.14 bits per heavy atom. The molecule has 0 atom stereocenters. The number of hydrogen-bond donors (Lipinski definition) is 0. The Balaban J connectivity index is 2.83. The van der Waals surface area contributed by atoms with E-state index in [1.54, 1.807) is 0 Å². The van der Waals surface area contributed by atoms with Crippen LogP contribution in [0.3, 0.4) is 0 Å². The second-order valence-electron chi connectivity index (χ2n) is 4.11. The molecule has 21 heavy (non-hydrogen) atoms. The third-order valence-corrected chi connectivity index (χ3v) is 2.69. The fourth-order valence-electron chi connectivity index (χ4n) is 1.63. The number of hydrogen-bond acceptors (Lipinski definition) is 3. The highest BCUT2D eigenvalue weighted by molar-refractivity contribution is 5.91. The largest absolute Gasteiger partial charge is 0.337 e. The van der Waals surface area contributed by atoms with Gasteiger partial charge in [0.05, 0.1) is 25.0 Å². The van der Waals surface area contributed by atoms with Gasteiger partial charge in [0.15, 0.2) is 0 Å². The maximum Gasteiger partial charge on any atom is 0.246 e. The van der Waals surface area contributed by atoms with Crippen molar-refractivity contribution in [3.63, 3.8) is 0 Å². The molecule has 0 fully saturated rings. The molecule has 0 aliphatic heterocycles. The topological polar surface area (TPSA) is 67.9 Å². The summed E-state index contributed by atoms with van der Waals surface area (Å²) in [6, 6.07) is 7.22. The summed E-state index contributed by atoms with van der Waals surface area (Å²) in [5.74, 6) is -2.03. The van der Waals surface area contributed by atoms with E-state index in [1.807, 2.05) is 12.1 Å². The van der Waals surface area contributed by atoms with Gasteiger partial charge in [0, 0.05) is 24.7 Å². The summed E-state index contributed by atoms with van der Waals surface area (Å²) in [5, 5.41) is 17.1. The maximum absolute atomic E-state index is 13.4. The van der Waals surface area contributed by atoms with E-state index in [9.17, 15) is 13.6 Å². The van der Waals surface area contributed by atoms with Crippen molar-refractivity contribution >= 4 is 12.0 Å². The monoisotopic (exact) mass is 289 g/mol. The number of nitriles is 2. The second kappa shape index (κ2) is 8.44. The zero-order valence-electron chi connectivity index (χ0n) is 11.2. The van der Waals surface area contributed by atoms with E-state index < -0.39 is 17.5 Å². The van der Waals surface area contributed by atoms with Crippen molar-refractivity contribution < 1.29 is 13.6 Å². The van der Waals surface area contributed by atoms with Gasteiger partial charge < -0.3 is 4.90 Å². The molecule has 1 aromatic carbocycles. The van der Waals surface area contributed by atoms with Gasteiger partial charge in [-0.3, -0.25) is 4.79 Å². The lowest BCUT2D eigenvalue weighted by Gasteiger charge is -2.18. The molecule has 0 spiro atoms. The number of carbonyl (C=O) groups excluding carboxylic acids is 1. The average Bonchev–Trinajstić information content (AvgIpc) is 2.46.